The number of nitrogens with one attached hydrogen (secondary N) is 1. The second-order valence-corrected chi connectivity index (χ2v) is 4.84. The van der Waals surface area contributed by atoms with Gasteiger partial charge in [-0.15, -0.1) is 0 Å². The van der Waals surface area contributed by atoms with Gasteiger partial charge in [0.1, 0.15) is 0 Å². The first-order chi connectivity index (χ1) is 7.11. The Labute approximate surface area is 91.3 Å². The van der Waals surface area contributed by atoms with Gasteiger partial charge >= 0.3 is 0 Å². The molecule has 1 aromatic heterocycles. The van der Waals surface area contributed by atoms with E-state index in [1.165, 1.54) is 22.5 Å². The summed E-state index contributed by atoms with van der Waals surface area (Å²) < 4.78 is 0. The van der Waals surface area contributed by atoms with E-state index in [2.05, 4.69) is 43.2 Å². The molecule has 0 amide bonds. The highest BCUT2D eigenvalue weighted by molar-refractivity contribution is 5.38. The average Bonchev–Trinajstić information content (AvgIpc) is 2.63. The van der Waals surface area contributed by atoms with Crippen LogP contribution in [-0.4, -0.2) is 10.2 Å². The van der Waals surface area contributed by atoms with E-state index < -0.39 is 0 Å². The van der Waals surface area contributed by atoms with Gasteiger partial charge in [0.15, 0.2) is 0 Å². The van der Waals surface area contributed by atoms with Crippen molar-refractivity contribution < 1.29 is 0 Å². The van der Waals surface area contributed by atoms with Gasteiger partial charge < -0.3 is 5.32 Å². The van der Waals surface area contributed by atoms with Crippen LogP contribution in [0.25, 0.3) is 0 Å². The van der Waals surface area contributed by atoms with Crippen molar-refractivity contribution in [3.05, 3.63) is 22.5 Å². The van der Waals surface area contributed by atoms with Crippen LogP contribution >= 0.6 is 0 Å². The maximum absolute atomic E-state index is 4.38. The molecule has 3 heteroatoms. The second-order valence-electron chi connectivity index (χ2n) is 4.84. The molecule has 0 saturated heterocycles. The van der Waals surface area contributed by atoms with Crippen LogP contribution in [0.1, 0.15) is 62.0 Å². The van der Waals surface area contributed by atoms with Crippen LogP contribution in [0.4, 0.5) is 0 Å². The third-order valence-corrected chi connectivity index (χ3v) is 2.95. The van der Waals surface area contributed by atoms with Crippen molar-refractivity contribution in [1.82, 2.24) is 15.5 Å². The Morgan fingerprint density at radius 2 is 1.27 bits per heavy atom. The van der Waals surface area contributed by atoms with Crippen LogP contribution in [-0.2, 0) is 13.1 Å². The van der Waals surface area contributed by atoms with Gasteiger partial charge in [-0.25, -0.2) is 0 Å². The molecular weight excluding hydrogens is 186 g/mol. The molecule has 82 valence electrons. The SMILES string of the molecule is CC(C)c1nnc(C(C)C)c2c1CNC2. The predicted octanol–water partition coefficient (Wildman–Crippen LogP) is 2.33. The number of hydrogen-bond donors (Lipinski definition) is 1. The third-order valence-electron chi connectivity index (χ3n) is 2.95. The molecule has 0 aromatic carbocycles. The van der Waals surface area contributed by atoms with Crippen LogP contribution < -0.4 is 5.32 Å². The molecule has 0 bridgehead atoms. The van der Waals surface area contributed by atoms with Crippen LogP contribution in [0.2, 0.25) is 0 Å². The maximum atomic E-state index is 4.38. The van der Waals surface area contributed by atoms with Crippen molar-refractivity contribution in [1.29, 1.82) is 0 Å². The van der Waals surface area contributed by atoms with Crippen LogP contribution in [0, 0.1) is 0 Å². The number of fused-ring (bicyclic) bond motifs is 1. The molecule has 1 aliphatic rings. The topological polar surface area (TPSA) is 37.8 Å². The maximum Gasteiger partial charge on any atom is 0.0704 e. The summed E-state index contributed by atoms with van der Waals surface area (Å²) in [5, 5.41) is 12.2. The lowest BCUT2D eigenvalue weighted by Crippen LogP contribution is -2.08. The molecule has 0 atom stereocenters. The Morgan fingerprint density at radius 3 is 1.60 bits per heavy atom. The van der Waals surface area contributed by atoms with Crippen molar-refractivity contribution >= 4 is 0 Å². The molecule has 0 fully saturated rings. The summed E-state index contributed by atoms with van der Waals surface area (Å²) in [7, 11) is 0. The number of rotatable bonds is 2. The lowest BCUT2D eigenvalue weighted by molar-refractivity contribution is 0.715. The van der Waals surface area contributed by atoms with Crippen LogP contribution in [0.5, 0.6) is 0 Å². The van der Waals surface area contributed by atoms with E-state index >= 15 is 0 Å². The zero-order valence-corrected chi connectivity index (χ0v) is 9.96. The van der Waals surface area contributed by atoms with Gasteiger partial charge in [-0.2, -0.15) is 10.2 Å². The Morgan fingerprint density at radius 1 is 0.867 bits per heavy atom. The second kappa shape index (κ2) is 3.89. The van der Waals surface area contributed by atoms with Gasteiger partial charge in [0, 0.05) is 13.1 Å². The highest BCUT2D eigenvalue weighted by Gasteiger charge is 2.22. The minimum atomic E-state index is 0.465. The first-order valence-corrected chi connectivity index (χ1v) is 5.70. The molecule has 0 unspecified atom stereocenters. The Kier molecular flexibility index (Phi) is 2.74. The zero-order chi connectivity index (χ0) is 11.0. The molecule has 1 aliphatic heterocycles. The van der Waals surface area contributed by atoms with Crippen LogP contribution in [0.3, 0.4) is 0 Å². The summed E-state index contributed by atoms with van der Waals surface area (Å²) in [4.78, 5) is 0. The van der Waals surface area contributed by atoms with Crippen LogP contribution in [0.15, 0.2) is 0 Å². The van der Waals surface area contributed by atoms with Crippen molar-refractivity contribution in [2.45, 2.75) is 52.6 Å². The summed E-state index contributed by atoms with van der Waals surface area (Å²) in [6, 6.07) is 0. The molecular formula is C12H19N3. The van der Waals surface area contributed by atoms with E-state index in [1.54, 1.807) is 0 Å². The van der Waals surface area contributed by atoms with Gasteiger partial charge in [-0.3, -0.25) is 0 Å². The van der Waals surface area contributed by atoms with Crippen molar-refractivity contribution in [3.63, 3.8) is 0 Å². The monoisotopic (exact) mass is 205 g/mol. The zero-order valence-electron chi connectivity index (χ0n) is 9.96. The fourth-order valence-electron chi connectivity index (χ4n) is 2.17. The largest absolute Gasteiger partial charge is 0.308 e. The molecule has 0 radical (unpaired) electrons. The molecule has 0 aliphatic carbocycles. The van der Waals surface area contributed by atoms with Gasteiger partial charge in [-0.05, 0) is 23.0 Å². The van der Waals surface area contributed by atoms with E-state index in [4.69, 9.17) is 0 Å². The van der Waals surface area contributed by atoms with E-state index in [-0.39, 0.29) is 0 Å². The van der Waals surface area contributed by atoms with Gasteiger partial charge in [0.25, 0.3) is 0 Å². The molecule has 1 aromatic rings. The van der Waals surface area contributed by atoms with Crippen molar-refractivity contribution in [2.75, 3.05) is 0 Å². The molecule has 0 spiro atoms. The fraction of sp³-hybridized carbons (Fsp3) is 0.667. The van der Waals surface area contributed by atoms with E-state index in [1.807, 2.05) is 0 Å². The summed E-state index contributed by atoms with van der Waals surface area (Å²) in [6.45, 7) is 10.6. The lowest BCUT2D eigenvalue weighted by atomic mass is 9.97. The Bertz CT molecular complexity index is 334. The first-order valence-electron chi connectivity index (χ1n) is 5.70. The van der Waals surface area contributed by atoms with Gasteiger partial charge in [-0.1, -0.05) is 27.7 Å². The molecule has 1 N–H and O–H groups in total. The van der Waals surface area contributed by atoms with Crippen molar-refractivity contribution in [3.8, 4) is 0 Å². The normalized spacial score (nSPS) is 15.1. The number of aromatic nitrogens is 2. The minimum Gasteiger partial charge on any atom is -0.308 e. The Hall–Kier alpha value is -0.960. The fourth-order valence-corrected chi connectivity index (χ4v) is 2.17. The van der Waals surface area contributed by atoms with E-state index in [9.17, 15) is 0 Å². The highest BCUT2D eigenvalue weighted by atomic mass is 15.1. The summed E-state index contributed by atoms with van der Waals surface area (Å²) in [5.41, 5.74) is 5.12. The molecule has 15 heavy (non-hydrogen) atoms. The highest BCUT2D eigenvalue weighted by Crippen LogP contribution is 2.28. The number of hydrogen-bond acceptors (Lipinski definition) is 3. The average molecular weight is 205 g/mol. The third kappa shape index (κ3) is 1.76. The van der Waals surface area contributed by atoms with E-state index in [0.29, 0.717) is 11.8 Å². The predicted molar refractivity (Wildman–Crippen MR) is 60.8 cm³/mol. The summed E-state index contributed by atoms with van der Waals surface area (Å²) >= 11 is 0. The standard InChI is InChI=1S/C12H19N3/c1-7(2)11-9-5-13-6-10(9)12(8(3)4)15-14-11/h7-8,13H,5-6H2,1-4H3. The summed E-state index contributed by atoms with van der Waals surface area (Å²) in [5.74, 6) is 0.930. The lowest BCUT2D eigenvalue weighted by Gasteiger charge is -2.14. The molecule has 2 heterocycles. The summed E-state index contributed by atoms with van der Waals surface area (Å²) in [6.07, 6.45) is 0. The van der Waals surface area contributed by atoms with Gasteiger partial charge in [0.05, 0.1) is 11.4 Å². The van der Waals surface area contributed by atoms with Gasteiger partial charge in [0.2, 0.25) is 0 Å². The molecule has 2 rings (SSSR count). The van der Waals surface area contributed by atoms with Crippen molar-refractivity contribution in [2.24, 2.45) is 0 Å². The Balaban J connectivity index is 2.54. The molecule has 3 nitrogen and oxygen atoms in total. The minimum absolute atomic E-state index is 0.465. The number of nitrogens with zero attached hydrogens (tertiary/aromatic N) is 2. The molecule has 0 saturated carbocycles. The quantitative estimate of drug-likeness (QED) is 0.805. The van der Waals surface area contributed by atoms with E-state index in [0.717, 1.165) is 13.1 Å². The first kappa shape index (κ1) is 10.6. The smallest absolute Gasteiger partial charge is 0.0704 e.